The average Bonchev–Trinajstić information content (AvgIpc) is 3.32. The highest BCUT2D eigenvalue weighted by atomic mass is 32.1. The SMILES string of the molecule is Cc1nc(-c2cccc3c2oc2ccccc23)sc1C(=O)N1CCC(N2CCCCCC2)CC1. The Labute approximate surface area is 204 Å². The zero-order valence-corrected chi connectivity index (χ0v) is 20.6. The first-order chi connectivity index (χ1) is 16.7. The number of thiazole rings is 1. The number of aromatic nitrogens is 1. The molecule has 2 fully saturated rings. The van der Waals surface area contributed by atoms with Crippen LogP contribution in [0.5, 0.6) is 0 Å². The summed E-state index contributed by atoms with van der Waals surface area (Å²) in [6, 6.07) is 14.9. The number of hydrogen-bond donors (Lipinski definition) is 0. The van der Waals surface area contributed by atoms with Gasteiger partial charge in [0, 0.05) is 29.9 Å². The van der Waals surface area contributed by atoms with Crippen LogP contribution >= 0.6 is 11.3 Å². The minimum Gasteiger partial charge on any atom is -0.455 e. The number of benzene rings is 2. The van der Waals surface area contributed by atoms with E-state index in [9.17, 15) is 4.79 Å². The molecule has 0 N–H and O–H groups in total. The molecular weight excluding hydrogens is 442 g/mol. The number of furan rings is 1. The second-order valence-corrected chi connectivity index (χ2v) is 10.7. The molecule has 34 heavy (non-hydrogen) atoms. The fourth-order valence-electron chi connectivity index (χ4n) is 5.66. The van der Waals surface area contributed by atoms with E-state index in [2.05, 4.69) is 17.0 Å². The normalized spacial score (nSPS) is 18.6. The predicted octanol–water partition coefficient (Wildman–Crippen LogP) is 6.50. The lowest BCUT2D eigenvalue weighted by Crippen LogP contribution is -2.47. The van der Waals surface area contributed by atoms with Crippen LogP contribution in [0.1, 0.15) is 53.9 Å². The van der Waals surface area contributed by atoms with Gasteiger partial charge in [0.15, 0.2) is 0 Å². The van der Waals surface area contributed by atoms with Gasteiger partial charge in [-0.2, -0.15) is 0 Å². The van der Waals surface area contributed by atoms with Gasteiger partial charge in [-0.15, -0.1) is 11.3 Å². The quantitative estimate of drug-likeness (QED) is 0.341. The molecule has 4 heterocycles. The van der Waals surface area contributed by atoms with Crippen molar-refractivity contribution < 1.29 is 9.21 Å². The first-order valence-electron chi connectivity index (χ1n) is 12.6. The van der Waals surface area contributed by atoms with Crippen molar-refractivity contribution in [2.24, 2.45) is 0 Å². The molecule has 5 nitrogen and oxygen atoms in total. The molecule has 0 atom stereocenters. The van der Waals surface area contributed by atoms with Crippen molar-refractivity contribution >= 4 is 39.2 Å². The molecule has 2 aliphatic heterocycles. The number of para-hydroxylation sites is 2. The largest absolute Gasteiger partial charge is 0.455 e. The third-order valence-corrected chi connectivity index (χ3v) is 8.71. The first-order valence-corrected chi connectivity index (χ1v) is 13.4. The zero-order chi connectivity index (χ0) is 23.1. The van der Waals surface area contributed by atoms with E-state index in [1.54, 1.807) is 0 Å². The first kappa shape index (κ1) is 21.8. The molecule has 2 aromatic carbocycles. The van der Waals surface area contributed by atoms with E-state index in [0.29, 0.717) is 6.04 Å². The molecule has 2 aliphatic rings. The predicted molar refractivity (Wildman–Crippen MR) is 139 cm³/mol. The average molecular weight is 474 g/mol. The maximum atomic E-state index is 13.5. The summed E-state index contributed by atoms with van der Waals surface area (Å²) in [6.45, 7) is 6.08. The van der Waals surface area contributed by atoms with Gasteiger partial charge in [-0.25, -0.2) is 4.98 Å². The van der Waals surface area contributed by atoms with Crippen LogP contribution in [0.4, 0.5) is 0 Å². The van der Waals surface area contributed by atoms with Crippen LogP contribution in [0, 0.1) is 6.92 Å². The number of piperidine rings is 1. The Bertz CT molecular complexity index is 1320. The molecule has 2 aromatic heterocycles. The summed E-state index contributed by atoms with van der Waals surface area (Å²) in [4.78, 5) is 23.8. The van der Waals surface area contributed by atoms with Gasteiger partial charge in [0.2, 0.25) is 0 Å². The van der Waals surface area contributed by atoms with Crippen LogP contribution in [0.25, 0.3) is 32.5 Å². The van der Waals surface area contributed by atoms with Crippen molar-refractivity contribution in [1.29, 1.82) is 0 Å². The number of fused-ring (bicyclic) bond motifs is 3. The molecule has 1 amide bonds. The highest BCUT2D eigenvalue weighted by molar-refractivity contribution is 7.17. The number of likely N-dealkylation sites (tertiary alicyclic amines) is 2. The van der Waals surface area contributed by atoms with E-state index < -0.39 is 0 Å². The highest BCUT2D eigenvalue weighted by Gasteiger charge is 2.29. The lowest BCUT2D eigenvalue weighted by molar-refractivity contribution is 0.0626. The maximum absolute atomic E-state index is 13.5. The number of amides is 1. The summed E-state index contributed by atoms with van der Waals surface area (Å²) in [6.07, 6.45) is 7.52. The minimum atomic E-state index is 0.132. The van der Waals surface area contributed by atoms with Crippen LogP contribution in [-0.4, -0.2) is 52.9 Å². The summed E-state index contributed by atoms with van der Waals surface area (Å²) >= 11 is 1.50. The van der Waals surface area contributed by atoms with Gasteiger partial charge in [-0.3, -0.25) is 4.79 Å². The van der Waals surface area contributed by atoms with Crippen molar-refractivity contribution in [3.05, 3.63) is 53.0 Å². The fourth-order valence-corrected chi connectivity index (χ4v) is 6.72. The number of rotatable bonds is 3. The van der Waals surface area contributed by atoms with E-state index in [0.717, 1.165) is 69.0 Å². The summed E-state index contributed by atoms with van der Waals surface area (Å²) in [5.74, 6) is 0.132. The van der Waals surface area contributed by atoms with E-state index in [1.165, 1.54) is 50.1 Å². The molecule has 0 spiro atoms. The van der Waals surface area contributed by atoms with Crippen LogP contribution in [0.2, 0.25) is 0 Å². The maximum Gasteiger partial charge on any atom is 0.265 e. The fraction of sp³-hybridized carbons (Fsp3) is 0.429. The molecule has 0 saturated carbocycles. The standard InChI is InChI=1S/C28H31N3O2S/c1-19-26(28(32)31-17-13-20(14-18-31)30-15-6-2-3-7-16-30)34-27(29-19)23-11-8-10-22-21-9-4-5-12-24(21)33-25(22)23/h4-5,8-12,20H,2-3,6-7,13-18H2,1H3. The minimum absolute atomic E-state index is 0.132. The van der Waals surface area contributed by atoms with Gasteiger partial charge in [-0.05, 0) is 57.8 Å². The van der Waals surface area contributed by atoms with E-state index in [1.807, 2.05) is 42.2 Å². The molecule has 2 saturated heterocycles. The monoisotopic (exact) mass is 473 g/mol. The van der Waals surface area contributed by atoms with Gasteiger partial charge in [0.05, 0.1) is 11.3 Å². The topological polar surface area (TPSA) is 49.6 Å². The molecule has 176 valence electrons. The molecule has 0 bridgehead atoms. The van der Waals surface area contributed by atoms with Gasteiger partial charge >= 0.3 is 0 Å². The number of nitrogens with zero attached hydrogens (tertiary/aromatic N) is 3. The molecule has 0 unspecified atom stereocenters. The zero-order valence-electron chi connectivity index (χ0n) is 19.8. The molecule has 6 heteroatoms. The summed E-state index contributed by atoms with van der Waals surface area (Å²) in [5.41, 5.74) is 3.49. The molecule has 6 rings (SSSR count). The van der Waals surface area contributed by atoms with Crippen molar-refractivity contribution in [3.63, 3.8) is 0 Å². The molecule has 0 aliphatic carbocycles. The van der Waals surface area contributed by atoms with Crippen molar-refractivity contribution in [3.8, 4) is 10.6 Å². The Hall–Kier alpha value is -2.70. The lowest BCUT2D eigenvalue weighted by Gasteiger charge is -2.38. The van der Waals surface area contributed by atoms with E-state index in [4.69, 9.17) is 9.40 Å². The van der Waals surface area contributed by atoms with Crippen molar-refractivity contribution in [1.82, 2.24) is 14.8 Å². The second kappa shape index (κ2) is 9.16. The Morgan fingerprint density at radius 2 is 1.68 bits per heavy atom. The van der Waals surface area contributed by atoms with Crippen LogP contribution < -0.4 is 0 Å². The van der Waals surface area contributed by atoms with Crippen LogP contribution in [0.15, 0.2) is 46.9 Å². The second-order valence-electron chi connectivity index (χ2n) is 9.69. The Morgan fingerprint density at radius 1 is 0.941 bits per heavy atom. The number of carbonyl (C=O) groups is 1. The van der Waals surface area contributed by atoms with Gasteiger partial charge in [0.1, 0.15) is 21.1 Å². The highest BCUT2D eigenvalue weighted by Crippen LogP contribution is 2.38. The smallest absolute Gasteiger partial charge is 0.265 e. The third kappa shape index (κ3) is 3.93. The van der Waals surface area contributed by atoms with Crippen LogP contribution in [0.3, 0.4) is 0 Å². The van der Waals surface area contributed by atoms with Crippen molar-refractivity contribution in [2.75, 3.05) is 26.2 Å². The van der Waals surface area contributed by atoms with Gasteiger partial charge < -0.3 is 14.2 Å². The van der Waals surface area contributed by atoms with Gasteiger partial charge in [0.25, 0.3) is 5.91 Å². The Morgan fingerprint density at radius 3 is 2.47 bits per heavy atom. The Kier molecular flexibility index (Phi) is 5.87. The summed E-state index contributed by atoms with van der Waals surface area (Å²) < 4.78 is 6.21. The lowest BCUT2D eigenvalue weighted by atomic mass is 10.0. The third-order valence-electron chi connectivity index (χ3n) is 7.53. The Balaban J connectivity index is 1.23. The number of hydrogen-bond acceptors (Lipinski definition) is 5. The van der Waals surface area contributed by atoms with Crippen LogP contribution in [-0.2, 0) is 0 Å². The molecular formula is C28H31N3O2S. The van der Waals surface area contributed by atoms with E-state index >= 15 is 0 Å². The van der Waals surface area contributed by atoms with E-state index in [-0.39, 0.29) is 5.91 Å². The summed E-state index contributed by atoms with van der Waals surface area (Å²) in [5, 5.41) is 3.05. The molecule has 4 aromatic rings. The molecule has 0 radical (unpaired) electrons. The summed E-state index contributed by atoms with van der Waals surface area (Å²) in [7, 11) is 0. The number of carbonyl (C=O) groups excluding carboxylic acids is 1. The van der Waals surface area contributed by atoms with Crippen molar-refractivity contribution in [2.45, 2.75) is 51.5 Å². The number of aryl methyl sites for hydroxylation is 1. The van der Waals surface area contributed by atoms with Gasteiger partial charge in [-0.1, -0.05) is 43.2 Å².